The van der Waals surface area contributed by atoms with Crippen LogP contribution >= 0.6 is 11.3 Å². The third kappa shape index (κ3) is 8.19. The van der Waals surface area contributed by atoms with E-state index >= 15 is 0 Å². The van der Waals surface area contributed by atoms with Crippen LogP contribution in [0.2, 0.25) is 0 Å². The fourth-order valence-corrected chi connectivity index (χ4v) is 9.12. The Morgan fingerprint density at radius 1 is 0.839 bits per heavy atom. The summed E-state index contributed by atoms with van der Waals surface area (Å²) in [4.78, 5) is 89.6. The van der Waals surface area contributed by atoms with Gasteiger partial charge in [0.05, 0.1) is 24.3 Å². The first-order chi connectivity index (χ1) is 30.2. The summed E-state index contributed by atoms with van der Waals surface area (Å²) in [6.07, 6.45) is 1.80. The summed E-state index contributed by atoms with van der Waals surface area (Å²) in [6.45, 7) is 5.95. The van der Waals surface area contributed by atoms with Crippen molar-refractivity contribution < 1.29 is 33.5 Å². The van der Waals surface area contributed by atoms with Gasteiger partial charge in [-0.1, -0.05) is 60.7 Å². The van der Waals surface area contributed by atoms with Gasteiger partial charge in [-0.15, -0.1) is 11.3 Å². The molecule has 2 fully saturated rings. The Morgan fingerprint density at radius 3 is 2.39 bits per heavy atom. The fraction of sp³-hybridized carbons (Fsp3) is 0.283. The van der Waals surface area contributed by atoms with Crippen LogP contribution in [-0.4, -0.2) is 114 Å². The Balaban J connectivity index is 0.735. The first kappa shape index (κ1) is 40.6. The molecular formula is C46H44N8O7S. The van der Waals surface area contributed by atoms with Gasteiger partial charge in [0.1, 0.15) is 12.1 Å². The van der Waals surface area contributed by atoms with Gasteiger partial charge in [-0.2, -0.15) is 0 Å². The van der Waals surface area contributed by atoms with Gasteiger partial charge in [0.2, 0.25) is 11.8 Å². The average Bonchev–Trinajstić information content (AvgIpc) is 3.99. The highest BCUT2D eigenvalue weighted by atomic mass is 32.1. The zero-order valence-electron chi connectivity index (χ0n) is 33.7. The van der Waals surface area contributed by atoms with Crippen molar-refractivity contribution in [2.45, 2.75) is 31.5 Å². The number of aromatic nitrogens is 1. The molecule has 16 heteroatoms. The Bertz CT molecular complexity index is 2530. The predicted molar refractivity (Wildman–Crippen MR) is 233 cm³/mol. The van der Waals surface area contributed by atoms with Crippen LogP contribution in [0.1, 0.15) is 61.1 Å². The number of benzene rings is 4. The standard InChI is InChI=1S/C46H44N8O7S/c55-38-16-15-37(41(56)49-38)54-44(59)34-7-4-8-36(39(34)45(54)60)47-17-24-61-25-23-51-19-21-52(22-20-51)33-13-11-29(12-14-33)31-9-10-32-28-53(43(58)35(32)27-31)40(30-5-2-1-3-6-30)42(57)50-46-48-18-26-62-46/h1-14,18,26-27,37,40,47H,15-17,19-25,28H2,(H,48,50,57)(H,49,55,56). The molecule has 5 heterocycles. The number of piperazine rings is 1. The van der Waals surface area contributed by atoms with E-state index in [0.717, 1.165) is 65.6 Å². The lowest BCUT2D eigenvalue weighted by Gasteiger charge is -2.36. The van der Waals surface area contributed by atoms with Crippen molar-refractivity contribution in [2.75, 3.05) is 68.0 Å². The number of ether oxygens (including phenoxy) is 1. The Labute approximate surface area is 361 Å². The number of nitrogens with zero attached hydrogens (tertiary/aromatic N) is 5. The number of fused-ring (bicyclic) bond motifs is 2. The summed E-state index contributed by atoms with van der Waals surface area (Å²) in [6, 6.07) is 26.9. The first-order valence-corrected chi connectivity index (χ1v) is 21.5. The van der Waals surface area contributed by atoms with Gasteiger partial charge in [0, 0.05) is 80.7 Å². The van der Waals surface area contributed by atoms with Crippen LogP contribution in [-0.2, 0) is 25.7 Å². The van der Waals surface area contributed by atoms with Crippen molar-refractivity contribution in [3.63, 3.8) is 0 Å². The van der Waals surface area contributed by atoms with Gasteiger partial charge < -0.3 is 19.9 Å². The van der Waals surface area contributed by atoms with E-state index in [0.29, 0.717) is 42.7 Å². The molecule has 4 aromatic carbocycles. The summed E-state index contributed by atoms with van der Waals surface area (Å²) < 4.78 is 5.93. The van der Waals surface area contributed by atoms with E-state index in [9.17, 15) is 28.8 Å². The zero-order valence-corrected chi connectivity index (χ0v) is 34.6. The molecule has 9 rings (SSSR count). The minimum Gasteiger partial charge on any atom is -0.382 e. The number of carbonyl (C=O) groups is 6. The fourth-order valence-electron chi connectivity index (χ4n) is 8.59. The van der Waals surface area contributed by atoms with Gasteiger partial charge in [-0.05, 0) is 59.0 Å². The van der Waals surface area contributed by atoms with E-state index in [1.807, 2.05) is 48.5 Å². The van der Waals surface area contributed by atoms with Crippen molar-refractivity contribution in [1.82, 2.24) is 25.0 Å². The minimum atomic E-state index is -1.01. The molecule has 2 unspecified atom stereocenters. The lowest BCUT2D eigenvalue weighted by atomic mass is 10.00. The Kier molecular flexibility index (Phi) is 11.6. The quantitative estimate of drug-likeness (QED) is 0.104. The van der Waals surface area contributed by atoms with Gasteiger partial charge >= 0.3 is 0 Å². The molecule has 3 N–H and O–H groups in total. The molecular weight excluding hydrogens is 809 g/mol. The number of amides is 6. The first-order valence-electron chi connectivity index (χ1n) is 20.7. The summed E-state index contributed by atoms with van der Waals surface area (Å²) in [5, 5.41) is 10.6. The minimum absolute atomic E-state index is 0.0664. The number of nitrogens with one attached hydrogen (secondary N) is 3. The predicted octanol–water partition coefficient (Wildman–Crippen LogP) is 4.80. The van der Waals surface area contributed by atoms with Crippen LogP contribution in [0, 0.1) is 0 Å². The van der Waals surface area contributed by atoms with E-state index in [1.54, 1.807) is 34.7 Å². The van der Waals surface area contributed by atoms with Crippen LogP contribution in [0.15, 0.2) is 103 Å². The van der Waals surface area contributed by atoms with Gasteiger partial charge in [-0.3, -0.25) is 49.2 Å². The molecule has 62 heavy (non-hydrogen) atoms. The van der Waals surface area contributed by atoms with E-state index in [-0.39, 0.29) is 35.8 Å². The maximum atomic E-state index is 13.9. The normalized spacial score (nSPS) is 18.2. The number of thiazole rings is 1. The maximum absolute atomic E-state index is 13.9. The molecule has 4 aliphatic heterocycles. The molecule has 2 saturated heterocycles. The zero-order chi connectivity index (χ0) is 42.7. The highest BCUT2D eigenvalue weighted by Gasteiger charge is 2.45. The molecule has 0 aliphatic carbocycles. The Morgan fingerprint density at radius 2 is 1.63 bits per heavy atom. The molecule has 0 spiro atoms. The second-order valence-electron chi connectivity index (χ2n) is 15.5. The van der Waals surface area contributed by atoms with Crippen molar-refractivity contribution in [2.24, 2.45) is 0 Å². The topological polar surface area (TPSA) is 174 Å². The number of piperidine rings is 1. The summed E-state index contributed by atoms with van der Waals surface area (Å²) in [5.41, 5.74) is 6.23. The largest absolute Gasteiger partial charge is 0.382 e. The van der Waals surface area contributed by atoms with Crippen molar-refractivity contribution in [3.05, 3.63) is 130 Å². The molecule has 15 nitrogen and oxygen atoms in total. The summed E-state index contributed by atoms with van der Waals surface area (Å²) in [5.74, 6) is -2.63. The number of carbonyl (C=O) groups excluding carboxylic acids is 6. The lowest BCUT2D eigenvalue weighted by molar-refractivity contribution is -0.136. The second kappa shape index (κ2) is 17.7. The molecule has 0 radical (unpaired) electrons. The van der Waals surface area contributed by atoms with Crippen LogP contribution in [0.4, 0.5) is 16.5 Å². The molecule has 2 atom stereocenters. The highest BCUT2D eigenvalue weighted by Crippen LogP contribution is 2.36. The Hall–Kier alpha value is -6.75. The van der Waals surface area contributed by atoms with E-state index in [4.69, 9.17) is 4.74 Å². The molecule has 0 saturated carbocycles. The number of rotatable bonds is 14. The molecule has 316 valence electrons. The molecule has 1 aromatic heterocycles. The number of anilines is 3. The third-order valence-corrected chi connectivity index (χ3v) is 12.5. The van der Waals surface area contributed by atoms with Crippen molar-refractivity contribution >= 4 is 63.3 Å². The van der Waals surface area contributed by atoms with E-state index < -0.39 is 35.7 Å². The third-order valence-electron chi connectivity index (χ3n) is 11.8. The monoisotopic (exact) mass is 852 g/mol. The van der Waals surface area contributed by atoms with E-state index in [2.05, 4.69) is 55.0 Å². The average molecular weight is 853 g/mol. The summed E-state index contributed by atoms with van der Waals surface area (Å²) >= 11 is 1.33. The number of imide groups is 2. The molecule has 0 bridgehead atoms. The van der Waals surface area contributed by atoms with Gasteiger partial charge in [0.15, 0.2) is 5.13 Å². The number of hydrogen-bond acceptors (Lipinski definition) is 12. The molecule has 5 aromatic rings. The lowest BCUT2D eigenvalue weighted by Crippen LogP contribution is -2.54. The second-order valence-corrected chi connectivity index (χ2v) is 16.4. The smallest absolute Gasteiger partial charge is 0.264 e. The SMILES string of the molecule is O=C1CCC(N2C(=O)c3cccc(NCCOCCN4CCN(c5ccc(-c6ccc7c(c6)C(=O)N(C(C(=O)Nc6nccs6)c6ccccc6)C7)cc5)CC4)c3C2=O)C(=O)N1. The number of hydrogen-bond donors (Lipinski definition) is 3. The van der Waals surface area contributed by atoms with Crippen LogP contribution in [0.25, 0.3) is 11.1 Å². The summed E-state index contributed by atoms with van der Waals surface area (Å²) in [7, 11) is 0. The van der Waals surface area contributed by atoms with Crippen molar-refractivity contribution in [1.29, 1.82) is 0 Å². The van der Waals surface area contributed by atoms with Gasteiger partial charge in [-0.25, -0.2) is 4.98 Å². The van der Waals surface area contributed by atoms with Crippen LogP contribution in [0.3, 0.4) is 0 Å². The van der Waals surface area contributed by atoms with E-state index in [1.165, 1.54) is 11.3 Å². The van der Waals surface area contributed by atoms with Crippen LogP contribution in [0.5, 0.6) is 0 Å². The van der Waals surface area contributed by atoms with Gasteiger partial charge in [0.25, 0.3) is 23.6 Å². The maximum Gasteiger partial charge on any atom is 0.264 e. The highest BCUT2D eigenvalue weighted by molar-refractivity contribution is 7.13. The molecule has 4 aliphatic rings. The molecule has 6 amide bonds. The van der Waals surface area contributed by atoms with Crippen LogP contribution < -0.4 is 20.9 Å². The van der Waals surface area contributed by atoms with Crippen molar-refractivity contribution in [3.8, 4) is 11.1 Å².